The van der Waals surface area contributed by atoms with Gasteiger partial charge in [0, 0.05) is 29.2 Å². The highest BCUT2D eigenvalue weighted by Crippen LogP contribution is 2.37. The molecule has 4 rings (SSSR count). The van der Waals surface area contributed by atoms with Crippen LogP contribution in [0.25, 0.3) is 11.6 Å². The number of likely N-dealkylation sites (tertiary alicyclic amines) is 1. The molecule has 0 saturated carbocycles. The molecule has 2 heterocycles. The van der Waals surface area contributed by atoms with Gasteiger partial charge in [0.2, 0.25) is 0 Å². The zero-order valence-corrected chi connectivity index (χ0v) is 13.8. The Morgan fingerprint density at radius 2 is 1.74 bits per heavy atom. The Morgan fingerprint density at radius 3 is 2.52 bits per heavy atom. The number of ether oxygens (including phenoxy) is 1. The lowest BCUT2D eigenvalue weighted by molar-refractivity contribution is 0.0532. The lowest BCUT2D eigenvalue weighted by Gasteiger charge is -2.38. The third-order valence-electron chi connectivity index (χ3n) is 4.62. The predicted octanol–water partition coefficient (Wildman–Crippen LogP) is 5.09. The molecule has 1 fully saturated rings. The summed E-state index contributed by atoms with van der Waals surface area (Å²) >= 11 is 6.16. The van der Waals surface area contributed by atoms with E-state index in [9.17, 15) is 0 Å². The van der Waals surface area contributed by atoms with Crippen LogP contribution < -0.4 is 4.74 Å². The molecule has 0 spiro atoms. The molecule has 2 aliphatic rings. The van der Waals surface area contributed by atoms with Gasteiger partial charge in [-0.25, -0.2) is 0 Å². The molecular weight excluding hydrogens is 306 g/mol. The fraction of sp³-hybridized carbons (Fsp3) is 0.300. The number of fused-ring (bicyclic) bond motifs is 1. The summed E-state index contributed by atoms with van der Waals surface area (Å²) in [4.78, 5) is 2.46. The summed E-state index contributed by atoms with van der Waals surface area (Å²) in [6, 6.07) is 16.4. The lowest BCUT2D eigenvalue weighted by atomic mass is 9.97. The normalized spacial score (nSPS) is 21.3. The van der Waals surface area contributed by atoms with Gasteiger partial charge in [-0.1, -0.05) is 48.4 Å². The molecule has 1 saturated heterocycles. The number of halogens is 1. The molecule has 3 heteroatoms. The van der Waals surface area contributed by atoms with Crippen LogP contribution in [0.3, 0.4) is 0 Å². The molecule has 0 N–H and O–H groups in total. The first kappa shape index (κ1) is 14.8. The summed E-state index contributed by atoms with van der Waals surface area (Å²) in [5, 5.41) is 0.743. The van der Waals surface area contributed by atoms with E-state index in [0.717, 1.165) is 29.4 Å². The number of hydrogen-bond donors (Lipinski definition) is 0. The van der Waals surface area contributed by atoms with E-state index < -0.39 is 0 Å². The van der Waals surface area contributed by atoms with Gasteiger partial charge in [0.15, 0.2) is 6.23 Å². The first-order valence-electron chi connectivity index (χ1n) is 8.28. The third-order valence-corrected chi connectivity index (χ3v) is 4.85. The minimum Gasteiger partial charge on any atom is -0.470 e. The fourth-order valence-electron chi connectivity index (χ4n) is 3.44. The van der Waals surface area contributed by atoms with E-state index in [1.807, 2.05) is 18.2 Å². The Kier molecular flexibility index (Phi) is 4.11. The summed E-state index contributed by atoms with van der Waals surface area (Å²) in [5.41, 5.74) is 3.50. The lowest BCUT2D eigenvalue weighted by Crippen LogP contribution is -2.44. The average molecular weight is 326 g/mol. The van der Waals surface area contributed by atoms with Gasteiger partial charge in [-0.05, 0) is 42.7 Å². The molecule has 0 aliphatic carbocycles. The topological polar surface area (TPSA) is 12.5 Å². The molecular formula is C20H20ClNO. The van der Waals surface area contributed by atoms with E-state index in [-0.39, 0.29) is 6.23 Å². The van der Waals surface area contributed by atoms with Gasteiger partial charge in [-0.3, -0.25) is 4.90 Å². The van der Waals surface area contributed by atoms with E-state index in [1.165, 1.54) is 30.4 Å². The molecule has 2 aromatic carbocycles. The minimum absolute atomic E-state index is 0.00799. The first-order chi connectivity index (χ1) is 11.3. The van der Waals surface area contributed by atoms with Crippen LogP contribution in [0, 0.1) is 0 Å². The van der Waals surface area contributed by atoms with Gasteiger partial charge in [0.1, 0.15) is 5.75 Å². The van der Waals surface area contributed by atoms with Crippen LogP contribution in [0.2, 0.25) is 5.02 Å². The molecule has 2 nitrogen and oxygen atoms in total. The van der Waals surface area contributed by atoms with Crippen LogP contribution in [0.15, 0.2) is 48.5 Å². The monoisotopic (exact) mass is 325 g/mol. The summed E-state index contributed by atoms with van der Waals surface area (Å²) in [7, 11) is 0. The van der Waals surface area contributed by atoms with Crippen molar-refractivity contribution in [2.45, 2.75) is 25.5 Å². The van der Waals surface area contributed by atoms with Crippen molar-refractivity contribution in [1.82, 2.24) is 4.90 Å². The average Bonchev–Trinajstić information content (AvgIpc) is 2.62. The largest absolute Gasteiger partial charge is 0.470 e. The number of benzene rings is 2. The highest BCUT2D eigenvalue weighted by atomic mass is 35.5. The van der Waals surface area contributed by atoms with Crippen molar-refractivity contribution in [3.63, 3.8) is 0 Å². The van der Waals surface area contributed by atoms with Crippen molar-refractivity contribution < 1.29 is 4.74 Å². The highest BCUT2D eigenvalue weighted by Gasteiger charge is 2.30. The quantitative estimate of drug-likeness (QED) is 0.763. The van der Waals surface area contributed by atoms with Gasteiger partial charge in [-0.2, -0.15) is 0 Å². The van der Waals surface area contributed by atoms with Gasteiger partial charge in [0.25, 0.3) is 0 Å². The zero-order chi connectivity index (χ0) is 15.6. The molecule has 118 valence electrons. The zero-order valence-electron chi connectivity index (χ0n) is 13.0. The standard InChI is InChI=1S/C20H20ClNO/c21-17-9-10-19-16(13-17)14-18(15-7-3-1-4-8-15)20(23-19)22-11-5-2-6-12-22/h1,3-4,7-10,13-14,20H,2,5-6,11-12H2. The Balaban J connectivity index is 1.77. The highest BCUT2D eigenvalue weighted by molar-refractivity contribution is 6.30. The second-order valence-corrected chi connectivity index (χ2v) is 6.65. The van der Waals surface area contributed by atoms with Crippen LogP contribution in [0.5, 0.6) is 5.75 Å². The van der Waals surface area contributed by atoms with E-state index in [2.05, 4.69) is 41.3 Å². The number of nitrogens with zero attached hydrogens (tertiary/aromatic N) is 1. The minimum atomic E-state index is -0.00799. The van der Waals surface area contributed by atoms with Crippen LogP contribution in [-0.4, -0.2) is 24.2 Å². The van der Waals surface area contributed by atoms with E-state index >= 15 is 0 Å². The summed E-state index contributed by atoms with van der Waals surface area (Å²) in [5.74, 6) is 0.921. The second kappa shape index (κ2) is 6.38. The summed E-state index contributed by atoms with van der Waals surface area (Å²) < 4.78 is 6.39. The van der Waals surface area contributed by atoms with Gasteiger partial charge in [-0.15, -0.1) is 0 Å². The van der Waals surface area contributed by atoms with E-state index in [0.29, 0.717) is 0 Å². The number of piperidine rings is 1. The van der Waals surface area contributed by atoms with Crippen LogP contribution >= 0.6 is 11.6 Å². The molecule has 0 bridgehead atoms. The maximum absolute atomic E-state index is 6.39. The van der Waals surface area contributed by atoms with Crippen LogP contribution in [0.4, 0.5) is 0 Å². The van der Waals surface area contributed by atoms with Gasteiger partial charge >= 0.3 is 0 Å². The van der Waals surface area contributed by atoms with Crippen molar-refractivity contribution in [3.8, 4) is 5.75 Å². The maximum Gasteiger partial charge on any atom is 0.179 e. The fourth-order valence-corrected chi connectivity index (χ4v) is 3.62. The molecule has 23 heavy (non-hydrogen) atoms. The van der Waals surface area contributed by atoms with Gasteiger partial charge in [0.05, 0.1) is 0 Å². The van der Waals surface area contributed by atoms with Gasteiger partial charge < -0.3 is 4.74 Å². The predicted molar refractivity (Wildman–Crippen MR) is 95.6 cm³/mol. The van der Waals surface area contributed by atoms with Crippen molar-refractivity contribution >= 4 is 23.3 Å². The van der Waals surface area contributed by atoms with Crippen molar-refractivity contribution in [1.29, 1.82) is 0 Å². The molecule has 0 amide bonds. The second-order valence-electron chi connectivity index (χ2n) is 6.21. The third kappa shape index (κ3) is 3.01. The SMILES string of the molecule is Clc1ccc2c(c1)C=C(c1ccccc1)C(N1CCCCC1)O2. The molecule has 2 aliphatic heterocycles. The Morgan fingerprint density at radius 1 is 0.957 bits per heavy atom. The molecule has 1 atom stereocenters. The van der Waals surface area contributed by atoms with Crippen molar-refractivity contribution in [2.24, 2.45) is 0 Å². The van der Waals surface area contributed by atoms with E-state index in [4.69, 9.17) is 16.3 Å². The first-order valence-corrected chi connectivity index (χ1v) is 8.66. The smallest absolute Gasteiger partial charge is 0.179 e. The Bertz CT molecular complexity index is 720. The van der Waals surface area contributed by atoms with Crippen LogP contribution in [-0.2, 0) is 0 Å². The van der Waals surface area contributed by atoms with Crippen molar-refractivity contribution in [3.05, 3.63) is 64.7 Å². The van der Waals surface area contributed by atoms with Crippen LogP contribution in [0.1, 0.15) is 30.4 Å². The summed E-state index contributed by atoms with van der Waals surface area (Å²) in [6.07, 6.45) is 6.04. The van der Waals surface area contributed by atoms with E-state index in [1.54, 1.807) is 0 Å². The number of rotatable bonds is 2. The summed E-state index contributed by atoms with van der Waals surface area (Å²) in [6.45, 7) is 2.19. The number of hydrogen-bond acceptors (Lipinski definition) is 2. The van der Waals surface area contributed by atoms with Crippen molar-refractivity contribution in [2.75, 3.05) is 13.1 Å². The Hall–Kier alpha value is -1.77. The molecule has 1 unspecified atom stereocenters. The molecule has 0 aromatic heterocycles. The molecule has 2 aromatic rings. The maximum atomic E-state index is 6.39. The Labute approximate surface area is 142 Å². The molecule has 0 radical (unpaired) electrons.